The molecule has 1 atom stereocenters. The lowest BCUT2D eigenvalue weighted by molar-refractivity contribution is -0.148. The average Bonchev–Trinajstić information content (AvgIpc) is 2.03. The maximum Gasteiger partial charge on any atom is 0.342 e. The number of hydrogen-bond donors (Lipinski definition) is 0. The van der Waals surface area contributed by atoms with Gasteiger partial charge in [-0.15, -0.1) is 0 Å². The number of rotatable bonds is 5. The number of carbonyl (C=O) groups is 1. The van der Waals surface area contributed by atoms with Gasteiger partial charge in [0, 0.05) is 6.61 Å². The van der Waals surface area contributed by atoms with Gasteiger partial charge in [0.1, 0.15) is 0 Å². The number of halogens is 1. The summed E-state index contributed by atoms with van der Waals surface area (Å²) in [5.41, 5.74) is 0. The second-order valence-electron chi connectivity index (χ2n) is 2.07. The van der Waals surface area contributed by atoms with Crippen LogP contribution in [-0.4, -0.2) is 32.5 Å². The molecule has 0 aromatic heterocycles. The van der Waals surface area contributed by atoms with E-state index in [0.717, 1.165) is 13.5 Å². The summed E-state index contributed by atoms with van der Waals surface area (Å²) in [6, 6.07) is 0. The fraction of sp³-hybridized carbons (Fsp3) is 0.857. The first-order valence-electron chi connectivity index (χ1n) is 3.52. The molecule has 0 aliphatic carbocycles. The van der Waals surface area contributed by atoms with E-state index in [1.807, 2.05) is 6.92 Å². The number of hydrogen-bond acceptors (Lipinski definition) is 3. The van der Waals surface area contributed by atoms with Crippen LogP contribution < -0.4 is 0 Å². The molecule has 0 bridgehead atoms. The van der Waals surface area contributed by atoms with Gasteiger partial charge in [-0.3, -0.25) is 0 Å². The Hall–Kier alpha value is -0.640. The van der Waals surface area contributed by atoms with Crippen LogP contribution in [0.15, 0.2) is 0 Å². The van der Waals surface area contributed by atoms with Gasteiger partial charge < -0.3 is 9.47 Å². The summed E-state index contributed by atoms with van der Waals surface area (Å²) in [6.45, 7) is 2.17. The molecule has 4 heteroatoms. The third-order valence-electron chi connectivity index (χ3n) is 1.07. The van der Waals surface area contributed by atoms with E-state index in [0.29, 0.717) is 6.61 Å². The number of esters is 1. The zero-order valence-corrected chi connectivity index (χ0v) is 6.80. The van der Waals surface area contributed by atoms with Crippen LogP contribution >= 0.6 is 0 Å². The van der Waals surface area contributed by atoms with Crippen LogP contribution in [0.25, 0.3) is 0 Å². The molecule has 0 rings (SSSR count). The highest BCUT2D eigenvalue weighted by molar-refractivity contribution is 5.74. The standard InChI is InChI=1S/C7H13FO3/c1-3-4-11-5-6(8)7(9)10-2/h6H,3-5H2,1-2H3. The van der Waals surface area contributed by atoms with Crippen molar-refractivity contribution in [2.75, 3.05) is 20.3 Å². The summed E-state index contributed by atoms with van der Waals surface area (Å²) < 4.78 is 21.5. The van der Waals surface area contributed by atoms with Gasteiger partial charge in [-0.2, -0.15) is 0 Å². The van der Waals surface area contributed by atoms with Crippen molar-refractivity contribution >= 4 is 5.97 Å². The maximum absolute atomic E-state index is 12.5. The van der Waals surface area contributed by atoms with Gasteiger partial charge in [-0.05, 0) is 6.42 Å². The van der Waals surface area contributed by atoms with E-state index in [-0.39, 0.29) is 6.61 Å². The molecule has 0 amide bonds. The van der Waals surface area contributed by atoms with E-state index >= 15 is 0 Å². The number of ether oxygens (including phenoxy) is 2. The molecule has 0 heterocycles. The molecule has 3 nitrogen and oxygen atoms in total. The Balaban J connectivity index is 3.36. The summed E-state index contributed by atoms with van der Waals surface area (Å²) in [4.78, 5) is 10.4. The lowest BCUT2D eigenvalue weighted by Crippen LogP contribution is -2.23. The van der Waals surface area contributed by atoms with Gasteiger partial charge in [-0.25, -0.2) is 9.18 Å². The second kappa shape index (κ2) is 6.09. The van der Waals surface area contributed by atoms with Crippen molar-refractivity contribution in [2.24, 2.45) is 0 Å². The van der Waals surface area contributed by atoms with Crippen LogP contribution in [0.2, 0.25) is 0 Å². The quantitative estimate of drug-likeness (QED) is 0.448. The van der Waals surface area contributed by atoms with E-state index in [1.165, 1.54) is 0 Å². The minimum Gasteiger partial charge on any atom is -0.467 e. The van der Waals surface area contributed by atoms with Gasteiger partial charge in [-0.1, -0.05) is 6.92 Å². The van der Waals surface area contributed by atoms with Crippen molar-refractivity contribution in [1.29, 1.82) is 0 Å². The molecule has 0 N–H and O–H groups in total. The zero-order valence-electron chi connectivity index (χ0n) is 6.80. The second-order valence-corrected chi connectivity index (χ2v) is 2.07. The normalized spacial score (nSPS) is 12.6. The van der Waals surface area contributed by atoms with Crippen LogP contribution in [0.4, 0.5) is 4.39 Å². The molecule has 0 radical (unpaired) electrons. The van der Waals surface area contributed by atoms with E-state index < -0.39 is 12.1 Å². The Morgan fingerprint density at radius 1 is 1.64 bits per heavy atom. The molecular formula is C7H13FO3. The minimum atomic E-state index is -1.65. The van der Waals surface area contributed by atoms with E-state index in [1.54, 1.807) is 0 Å². The monoisotopic (exact) mass is 164 g/mol. The Morgan fingerprint density at radius 3 is 2.73 bits per heavy atom. The number of carbonyl (C=O) groups excluding carboxylic acids is 1. The fourth-order valence-electron chi connectivity index (χ4n) is 0.527. The zero-order chi connectivity index (χ0) is 8.69. The predicted molar refractivity (Wildman–Crippen MR) is 38.0 cm³/mol. The summed E-state index contributed by atoms with van der Waals surface area (Å²) in [7, 11) is 1.15. The van der Waals surface area contributed by atoms with E-state index in [9.17, 15) is 9.18 Å². The molecule has 0 saturated carbocycles. The van der Waals surface area contributed by atoms with Crippen LogP contribution in [0.3, 0.4) is 0 Å². The Morgan fingerprint density at radius 2 is 2.27 bits per heavy atom. The van der Waals surface area contributed by atoms with Crippen molar-refractivity contribution in [1.82, 2.24) is 0 Å². The first-order valence-corrected chi connectivity index (χ1v) is 3.52. The molecule has 0 aliphatic heterocycles. The Labute approximate surface area is 65.5 Å². The highest BCUT2D eigenvalue weighted by atomic mass is 19.1. The largest absolute Gasteiger partial charge is 0.467 e. The predicted octanol–water partition coefficient (Wildman–Crippen LogP) is 0.924. The smallest absolute Gasteiger partial charge is 0.342 e. The minimum absolute atomic E-state index is 0.208. The van der Waals surface area contributed by atoms with Crippen LogP contribution in [0.1, 0.15) is 13.3 Å². The Kier molecular flexibility index (Phi) is 5.74. The third kappa shape index (κ3) is 4.72. The molecule has 0 spiro atoms. The summed E-state index contributed by atoms with van der Waals surface area (Å²) >= 11 is 0. The molecule has 0 aliphatic rings. The van der Waals surface area contributed by atoms with Crippen molar-refractivity contribution in [3.63, 3.8) is 0 Å². The lowest BCUT2D eigenvalue weighted by Gasteiger charge is -2.05. The molecule has 0 fully saturated rings. The van der Waals surface area contributed by atoms with E-state index in [2.05, 4.69) is 4.74 Å². The van der Waals surface area contributed by atoms with Gasteiger partial charge >= 0.3 is 5.97 Å². The molecular weight excluding hydrogens is 151 g/mol. The highest BCUT2D eigenvalue weighted by Crippen LogP contribution is 1.95. The van der Waals surface area contributed by atoms with Crippen LogP contribution in [0, 0.1) is 0 Å². The summed E-state index contributed by atoms with van der Waals surface area (Å²) in [6.07, 6.45) is -0.833. The third-order valence-corrected chi connectivity index (χ3v) is 1.07. The topological polar surface area (TPSA) is 35.5 Å². The van der Waals surface area contributed by atoms with Gasteiger partial charge in [0.15, 0.2) is 0 Å². The first kappa shape index (κ1) is 10.4. The van der Waals surface area contributed by atoms with Crippen LogP contribution in [0.5, 0.6) is 0 Å². The summed E-state index contributed by atoms with van der Waals surface area (Å²) in [5.74, 6) is -0.874. The lowest BCUT2D eigenvalue weighted by atomic mass is 10.4. The van der Waals surface area contributed by atoms with Gasteiger partial charge in [0.25, 0.3) is 0 Å². The summed E-state index contributed by atoms with van der Waals surface area (Å²) in [5, 5.41) is 0. The molecule has 11 heavy (non-hydrogen) atoms. The van der Waals surface area contributed by atoms with Gasteiger partial charge in [0.05, 0.1) is 13.7 Å². The van der Waals surface area contributed by atoms with Crippen molar-refractivity contribution in [2.45, 2.75) is 19.5 Å². The number of alkyl halides is 1. The van der Waals surface area contributed by atoms with Crippen LogP contribution in [-0.2, 0) is 14.3 Å². The fourth-order valence-corrected chi connectivity index (χ4v) is 0.527. The van der Waals surface area contributed by atoms with Crippen molar-refractivity contribution in [3.05, 3.63) is 0 Å². The molecule has 0 aromatic carbocycles. The number of methoxy groups -OCH3 is 1. The van der Waals surface area contributed by atoms with Gasteiger partial charge in [0.2, 0.25) is 6.17 Å². The SMILES string of the molecule is CCCOCC(F)C(=O)OC. The van der Waals surface area contributed by atoms with E-state index in [4.69, 9.17) is 4.74 Å². The highest BCUT2D eigenvalue weighted by Gasteiger charge is 2.16. The Bertz CT molecular complexity index is 116. The average molecular weight is 164 g/mol. The molecule has 0 aromatic rings. The first-order chi connectivity index (χ1) is 5.22. The molecule has 0 saturated heterocycles. The maximum atomic E-state index is 12.5. The molecule has 1 unspecified atom stereocenters. The molecule has 66 valence electrons. The van der Waals surface area contributed by atoms with Crippen molar-refractivity contribution < 1.29 is 18.7 Å². The van der Waals surface area contributed by atoms with Crippen molar-refractivity contribution in [3.8, 4) is 0 Å².